The Hall–Kier alpha value is -0.480. The Balaban J connectivity index is 2.23. The highest BCUT2D eigenvalue weighted by Gasteiger charge is 2.28. The first-order valence-corrected chi connectivity index (χ1v) is 7.10. The standard InChI is InChI=1S/C11H15ClN2OS/c1-2-4-14-10(9(12)6-13-14)11(15)8-3-5-16-7-8/h6,8H,2-5,7H2,1H3. The molecule has 0 aliphatic carbocycles. The van der Waals surface area contributed by atoms with Crippen LogP contribution in [0.15, 0.2) is 6.20 Å². The Kier molecular flexibility index (Phi) is 3.92. The van der Waals surface area contributed by atoms with Crippen LogP contribution < -0.4 is 0 Å². The Labute approximate surface area is 105 Å². The number of hydrogen-bond donors (Lipinski definition) is 0. The van der Waals surface area contributed by atoms with Crippen LogP contribution in [0.2, 0.25) is 5.02 Å². The van der Waals surface area contributed by atoms with Crippen molar-refractivity contribution in [1.29, 1.82) is 0 Å². The number of aryl methyl sites for hydroxylation is 1. The highest BCUT2D eigenvalue weighted by molar-refractivity contribution is 7.99. The summed E-state index contributed by atoms with van der Waals surface area (Å²) in [7, 11) is 0. The molecule has 0 aromatic carbocycles. The number of carbonyl (C=O) groups is 1. The van der Waals surface area contributed by atoms with Gasteiger partial charge in [-0.3, -0.25) is 9.48 Å². The molecular formula is C11H15ClN2OS. The molecule has 1 fully saturated rings. The molecule has 0 spiro atoms. The highest BCUT2D eigenvalue weighted by Crippen LogP contribution is 2.29. The largest absolute Gasteiger partial charge is 0.292 e. The molecule has 1 aliphatic heterocycles. The molecule has 3 nitrogen and oxygen atoms in total. The lowest BCUT2D eigenvalue weighted by Gasteiger charge is -2.09. The van der Waals surface area contributed by atoms with Crippen LogP contribution in [0.5, 0.6) is 0 Å². The zero-order valence-corrected chi connectivity index (χ0v) is 10.9. The van der Waals surface area contributed by atoms with Crippen LogP contribution in [-0.4, -0.2) is 27.1 Å². The number of ketones is 1. The molecule has 0 bridgehead atoms. The molecule has 1 atom stereocenters. The van der Waals surface area contributed by atoms with Gasteiger partial charge in [0.2, 0.25) is 0 Å². The SMILES string of the molecule is CCCn1ncc(Cl)c1C(=O)C1CCSC1. The van der Waals surface area contributed by atoms with Crippen molar-refractivity contribution >= 4 is 29.1 Å². The maximum atomic E-state index is 12.3. The molecule has 0 saturated carbocycles. The Morgan fingerprint density at radius 1 is 1.75 bits per heavy atom. The van der Waals surface area contributed by atoms with Gasteiger partial charge in [-0.2, -0.15) is 16.9 Å². The predicted molar refractivity (Wildman–Crippen MR) is 67.3 cm³/mol. The normalized spacial score (nSPS) is 20.2. The monoisotopic (exact) mass is 258 g/mol. The van der Waals surface area contributed by atoms with Gasteiger partial charge in [-0.05, 0) is 18.6 Å². The van der Waals surface area contributed by atoms with Gasteiger partial charge in [0.05, 0.1) is 11.2 Å². The third-order valence-corrected chi connectivity index (χ3v) is 4.20. The summed E-state index contributed by atoms with van der Waals surface area (Å²) in [4.78, 5) is 12.3. The fourth-order valence-electron chi connectivity index (χ4n) is 1.92. The zero-order chi connectivity index (χ0) is 11.5. The van der Waals surface area contributed by atoms with Crippen molar-refractivity contribution < 1.29 is 4.79 Å². The molecule has 0 amide bonds. The van der Waals surface area contributed by atoms with Crippen LogP contribution in [0, 0.1) is 5.92 Å². The van der Waals surface area contributed by atoms with Crippen LogP contribution in [0.1, 0.15) is 30.3 Å². The second-order valence-corrected chi connectivity index (χ2v) is 5.55. The molecule has 1 saturated heterocycles. The second-order valence-electron chi connectivity index (χ2n) is 3.99. The summed E-state index contributed by atoms with van der Waals surface area (Å²) < 4.78 is 1.74. The third kappa shape index (κ3) is 2.28. The number of hydrogen-bond acceptors (Lipinski definition) is 3. The van der Waals surface area contributed by atoms with E-state index in [1.54, 1.807) is 10.9 Å². The van der Waals surface area contributed by atoms with E-state index < -0.39 is 0 Å². The maximum Gasteiger partial charge on any atom is 0.186 e. The second kappa shape index (κ2) is 5.23. The van der Waals surface area contributed by atoms with Gasteiger partial charge >= 0.3 is 0 Å². The Morgan fingerprint density at radius 3 is 3.19 bits per heavy atom. The molecule has 88 valence electrons. The van der Waals surface area contributed by atoms with E-state index in [4.69, 9.17) is 11.6 Å². The van der Waals surface area contributed by atoms with Gasteiger partial charge in [-0.15, -0.1) is 0 Å². The number of Topliss-reactive ketones (excluding diaryl/α,β-unsaturated/α-hetero) is 1. The van der Waals surface area contributed by atoms with Crippen molar-refractivity contribution in [3.63, 3.8) is 0 Å². The molecule has 5 heteroatoms. The first kappa shape index (κ1) is 12.0. The lowest BCUT2D eigenvalue weighted by molar-refractivity contribution is 0.0922. The summed E-state index contributed by atoms with van der Waals surface area (Å²) in [5, 5.41) is 4.65. The third-order valence-electron chi connectivity index (χ3n) is 2.76. The number of rotatable bonds is 4. The van der Waals surface area contributed by atoms with Crippen molar-refractivity contribution in [3.05, 3.63) is 16.9 Å². The van der Waals surface area contributed by atoms with Gasteiger partial charge < -0.3 is 0 Å². The Bertz CT molecular complexity index is 385. The number of halogens is 1. The van der Waals surface area contributed by atoms with E-state index >= 15 is 0 Å². The van der Waals surface area contributed by atoms with E-state index in [9.17, 15) is 4.79 Å². The molecule has 2 rings (SSSR count). The van der Waals surface area contributed by atoms with Gasteiger partial charge in [0.25, 0.3) is 0 Å². The van der Waals surface area contributed by atoms with E-state index in [0.717, 1.165) is 30.9 Å². The van der Waals surface area contributed by atoms with Crippen LogP contribution in [0.25, 0.3) is 0 Å². The van der Waals surface area contributed by atoms with Gasteiger partial charge in [-0.25, -0.2) is 0 Å². The summed E-state index contributed by atoms with van der Waals surface area (Å²) >= 11 is 7.88. The summed E-state index contributed by atoms with van der Waals surface area (Å²) in [5.74, 6) is 2.30. The number of thioether (sulfide) groups is 1. The van der Waals surface area contributed by atoms with Crippen LogP contribution in [0.4, 0.5) is 0 Å². The van der Waals surface area contributed by atoms with E-state index in [1.807, 2.05) is 11.8 Å². The van der Waals surface area contributed by atoms with Crippen molar-refractivity contribution in [2.24, 2.45) is 5.92 Å². The molecule has 0 N–H and O–H groups in total. The van der Waals surface area contributed by atoms with Crippen molar-refractivity contribution in [1.82, 2.24) is 9.78 Å². The van der Waals surface area contributed by atoms with Crippen LogP contribution in [-0.2, 0) is 6.54 Å². The summed E-state index contributed by atoms with van der Waals surface area (Å²) in [5.41, 5.74) is 0.607. The van der Waals surface area contributed by atoms with Crippen molar-refractivity contribution in [2.45, 2.75) is 26.3 Å². The predicted octanol–water partition coefficient (Wildman–Crippen LogP) is 2.88. The average Bonchev–Trinajstić information content (AvgIpc) is 2.88. The lowest BCUT2D eigenvalue weighted by Crippen LogP contribution is -2.19. The fourth-order valence-corrected chi connectivity index (χ4v) is 3.38. The maximum absolute atomic E-state index is 12.3. The molecule has 1 aromatic rings. The average molecular weight is 259 g/mol. The minimum Gasteiger partial charge on any atom is -0.292 e. The van der Waals surface area contributed by atoms with Gasteiger partial charge in [0.1, 0.15) is 5.69 Å². The molecule has 0 radical (unpaired) electrons. The Morgan fingerprint density at radius 2 is 2.56 bits per heavy atom. The minimum absolute atomic E-state index is 0.134. The van der Waals surface area contributed by atoms with Gasteiger partial charge in [0, 0.05) is 18.2 Å². The van der Waals surface area contributed by atoms with Crippen molar-refractivity contribution in [2.75, 3.05) is 11.5 Å². The number of nitrogens with zero attached hydrogens (tertiary/aromatic N) is 2. The fraction of sp³-hybridized carbons (Fsp3) is 0.636. The lowest BCUT2D eigenvalue weighted by atomic mass is 10.0. The quantitative estimate of drug-likeness (QED) is 0.779. The van der Waals surface area contributed by atoms with Gasteiger partial charge in [0.15, 0.2) is 5.78 Å². The summed E-state index contributed by atoms with van der Waals surface area (Å²) in [6.45, 7) is 2.82. The van der Waals surface area contributed by atoms with Crippen molar-refractivity contribution in [3.8, 4) is 0 Å². The highest BCUT2D eigenvalue weighted by atomic mass is 35.5. The first-order chi connectivity index (χ1) is 7.74. The minimum atomic E-state index is 0.134. The molecule has 1 aliphatic rings. The molecule has 1 aromatic heterocycles. The number of carbonyl (C=O) groups excluding carboxylic acids is 1. The molecule has 16 heavy (non-hydrogen) atoms. The smallest absolute Gasteiger partial charge is 0.186 e. The summed E-state index contributed by atoms with van der Waals surface area (Å²) in [6.07, 6.45) is 3.50. The van der Waals surface area contributed by atoms with Crippen LogP contribution >= 0.6 is 23.4 Å². The van der Waals surface area contributed by atoms with E-state index in [-0.39, 0.29) is 11.7 Å². The van der Waals surface area contributed by atoms with E-state index in [1.165, 1.54) is 0 Å². The first-order valence-electron chi connectivity index (χ1n) is 5.57. The zero-order valence-electron chi connectivity index (χ0n) is 9.28. The van der Waals surface area contributed by atoms with E-state index in [2.05, 4.69) is 12.0 Å². The van der Waals surface area contributed by atoms with E-state index in [0.29, 0.717) is 10.7 Å². The molecule has 2 heterocycles. The molecular weight excluding hydrogens is 244 g/mol. The van der Waals surface area contributed by atoms with Crippen LogP contribution in [0.3, 0.4) is 0 Å². The topological polar surface area (TPSA) is 34.9 Å². The molecule has 1 unspecified atom stereocenters. The van der Waals surface area contributed by atoms with Gasteiger partial charge in [-0.1, -0.05) is 18.5 Å². The number of aromatic nitrogens is 2. The summed E-state index contributed by atoms with van der Waals surface area (Å²) in [6, 6.07) is 0.